The van der Waals surface area contributed by atoms with Crippen molar-refractivity contribution in [1.29, 1.82) is 0 Å². The standard InChI is InChI=1S/C16H22Br4/c17-15(18)11-5-3-9-13-7-1-2-8-14(13)10-4-6-12-16(19)20/h1-2,7-8,15-16H,3-6,9-12H2. The molecule has 0 fully saturated rings. The number of hydrogen-bond donors (Lipinski definition) is 0. The van der Waals surface area contributed by atoms with Crippen molar-refractivity contribution in [3.05, 3.63) is 35.4 Å². The van der Waals surface area contributed by atoms with Crippen molar-refractivity contribution >= 4 is 63.7 Å². The van der Waals surface area contributed by atoms with E-state index in [1.54, 1.807) is 11.1 Å². The first kappa shape index (κ1) is 19.2. The molecule has 20 heavy (non-hydrogen) atoms. The summed E-state index contributed by atoms with van der Waals surface area (Å²) >= 11 is 14.2. The Morgan fingerprint density at radius 1 is 0.650 bits per heavy atom. The van der Waals surface area contributed by atoms with Crippen LogP contribution in [0.15, 0.2) is 24.3 Å². The van der Waals surface area contributed by atoms with Crippen LogP contribution in [0.1, 0.15) is 49.7 Å². The molecule has 0 aromatic heterocycles. The minimum absolute atomic E-state index is 0.465. The average molecular weight is 534 g/mol. The minimum atomic E-state index is 0.465. The number of aryl methyl sites for hydroxylation is 2. The molecule has 0 aliphatic carbocycles. The maximum absolute atomic E-state index is 3.54. The summed E-state index contributed by atoms with van der Waals surface area (Å²) in [6.07, 6.45) is 9.89. The molecule has 0 radical (unpaired) electrons. The van der Waals surface area contributed by atoms with Gasteiger partial charge in [-0.3, -0.25) is 0 Å². The Hall–Kier alpha value is 1.14. The molecule has 0 unspecified atom stereocenters. The molecule has 0 nitrogen and oxygen atoms in total. The van der Waals surface area contributed by atoms with Gasteiger partial charge in [-0.25, -0.2) is 0 Å². The fourth-order valence-corrected chi connectivity index (χ4v) is 3.57. The quantitative estimate of drug-likeness (QED) is 0.218. The van der Waals surface area contributed by atoms with Crippen molar-refractivity contribution in [3.8, 4) is 0 Å². The Bertz CT molecular complexity index is 328. The molecule has 0 atom stereocenters. The largest absolute Gasteiger partial charge is 0.0765 e. The molecule has 0 saturated heterocycles. The Morgan fingerprint density at radius 2 is 1.05 bits per heavy atom. The van der Waals surface area contributed by atoms with Crippen LogP contribution in [-0.4, -0.2) is 7.47 Å². The van der Waals surface area contributed by atoms with Gasteiger partial charge in [-0.05, 0) is 49.7 Å². The monoisotopic (exact) mass is 530 g/mol. The van der Waals surface area contributed by atoms with Crippen molar-refractivity contribution in [2.45, 2.75) is 58.8 Å². The maximum atomic E-state index is 3.54. The van der Waals surface area contributed by atoms with Gasteiger partial charge in [0.25, 0.3) is 0 Å². The van der Waals surface area contributed by atoms with Crippen molar-refractivity contribution in [2.75, 3.05) is 0 Å². The van der Waals surface area contributed by atoms with Gasteiger partial charge in [0.1, 0.15) is 0 Å². The smallest absolute Gasteiger partial charge is 0.0697 e. The number of alkyl halides is 4. The fourth-order valence-electron chi connectivity index (χ4n) is 2.27. The number of hydrogen-bond acceptors (Lipinski definition) is 0. The Labute approximate surface area is 157 Å². The second-order valence-electron chi connectivity index (χ2n) is 5.04. The third-order valence-electron chi connectivity index (χ3n) is 3.36. The van der Waals surface area contributed by atoms with Crippen LogP contribution in [0.4, 0.5) is 0 Å². The van der Waals surface area contributed by atoms with Gasteiger partial charge < -0.3 is 0 Å². The third kappa shape index (κ3) is 9.22. The molecule has 114 valence electrons. The van der Waals surface area contributed by atoms with Crippen LogP contribution in [0.25, 0.3) is 0 Å². The molecule has 0 N–H and O–H groups in total. The van der Waals surface area contributed by atoms with Gasteiger partial charge in [-0.2, -0.15) is 0 Å². The minimum Gasteiger partial charge on any atom is -0.0765 e. The highest BCUT2D eigenvalue weighted by Gasteiger charge is 2.04. The van der Waals surface area contributed by atoms with E-state index in [0.717, 1.165) is 0 Å². The summed E-state index contributed by atoms with van der Waals surface area (Å²) in [5.41, 5.74) is 3.09. The SMILES string of the molecule is BrC(Br)CCCCc1ccccc1CCCCC(Br)Br. The van der Waals surface area contributed by atoms with Gasteiger partial charge in [-0.1, -0.05) is 101 Å². The van der Waals surface area contributed by atoms with Crippen molar-refractivity contribution in [1.82, 2.24) is 0 Å². The molecule has 0 saturated carbocycles. The molecule has 0 aliphatic heterocycles. The molecule has 0 aliphatic rings. The summed E-state index contributed by atoms with van der Waals surface area (Å²) in [6, 6.07) is 8.94. The van der Waals surface area contributed by atoms with E-state index in [4.69, 9.17) is 0 Å². The normalized spacial score (nSPS) is 11.5. The van der Waals surface area contributed by atoms with Crippen molar-refractivity contribution in [3.63, 3.8) is 0 Å². The summed E-state index contributed by atoms with van der Waals surface area (Å²) in [5.74, 6) is 0. The van der Waals surface area contributed by atoms with Crippen LogP contribution in [0.3, 0.4) is 0 Å². The number of rotatable bonds is 10. The highest BCUT2D eigenvalue weighted by atomic mass is 79.9. The zero-order valence-corrected chi connectivity index (χ0v) is 18.0. The summed E-state index contributed by atoms with van der Waals surface area (Å²) < 4.78 is 0.929. The molecule has 0 heterocycles. The highest BCUT2D eigenvalue weighted by Crippen LogP contribution is 2.21. The molecule has 1 aromatic rings. The molecule has 0 bridgehead atoms. The van der Waals surface area contributed by atoms with Gasteiger partial charge in [0.05, 0.1) is 7.47 Å². The van der Waals surface area contributed by atoms with Crippen LogP contribution < -0.4 is 0 Å². The summed E-state index contributed by atoms with van der Waals surface area (Å²) in [5, 5.41) is 0. The molecule has 0 spiro atoms. The molecule has 1 aromatic carbocycles. The second kappa shape index (κ2) is 11.7. The van der Waals surface area contributed by atoms with Crippen LogP contribution in [0.5, 0.6) is 0 Å². The Balaban J connectivity index is 2.34. The van der Waals surface area contributed by atoms with Gasteiger partial charge in [0, 0.05) is 0 Å². The summed E-state index contributed by atoms with van der Waals surface area (Å²) in [4.78, 5) is 0. The van der Waals surface area contributed by atoms with Gasteiger partial charge in [0.2, 0.25) is 0 Å². The lowest BCUT2D eigenvalue weighted by Gasteiger charge is -2.10. The molecule has 1 rings (SSSR count). The molecular weight excluding hydrogens is 512 g/mol. The number of unbranched alkanes of at least 4 members (excludes halogenated alkanes) is 2. The van der Waals surface area contributed by atoms with E-state index in [1.807, 2.05) is 0 Å². The van der Waals surface area contributed by atoms with E-state index in [2.05, 4.69) is 88.0 Å². The Morgan fingerprint density at radius 3 is 1.40 bits per heavy atom. The predicted octanol–water partition coefficient (Wildman–Crippen LogP) is 7.34. The molecular formula is C16H22Br4. The van der Waals surface area contributed by atoms with E-state index < -0.39 is 0 Å². The van der Waals surface area contributed by atoms with E-state index in [9.17, 15) is 0 Å². The van der Waals surface area contributed by atoms with E-state index >= 15 is 0 Å². The lowest BCUT2D eigenvalue weighted by molar-refractivity contribution is 0.693. The van der Waals surface area contributed by atoms with E-state index in [0.29, 0.717) is 7.47 Å². The average Bonchev–Trinajstić information content (AvgIpc) is 2.40. The van der Waals surface area contributed by atoms with Gasteiger partial charge in [-0.15, -0.1) is 0 Å². The third-order valence-corrected chi connectivity index (χ3v) is 5.19. The zero-order valence-electron chi connectivity index (χ0n) is 11.6. The Kier molecular flexibility index (Phi) is 11.2. The maximum Gasteiger partial charge on any atom is 0.0697 e. The van der Waals surface area contributed by atoms with Crippen molar-refractivity contribution < 1.29 is 0 Å². The molecule has 0 amide bonds. The lowest BCUT2D eigenvalue weighted by Crippen LogP contribution is -1.96. The van der Waals surface area contributed by atoms with Crippen molar-refractivity contribution in [2.24, 2.45) is 0 Å². The first-order chi connectivity index (χ1) is 9.59. The van der Waals surface area contributed by atoms with E-state index in [-0.39, 0.29) is 0 Å². The van der Waals surface area contributed by atoms with E-state index in [1.165, 1.54) is 51.4 Å². The zero-order chi connectivity index (χ0) is 14.8. The number of halogens is 4. The van der Waals surface area contributed by atoms with Gasteiger partial charge >= 0.3 is 0 Å². The first-order valence-corrected chi connectivity index (χ1v) is 10.9. The van der Waals surface area contributed by atoms with Crippen LogP contribution in [0.2, 0.25) is 0 Å². The fraction of sp³-hybridized carbons (Fsp3) is 0.625. The van der Waals surface area contributed by atoms with Crippen LogP contribution >= 0.6 is 63.7 Å². The summed E-state index contributed by atoms with van der Waals surface area (Å²) in [6.45, 7) is 0. The number of benzene rings is 1. The predicted molar refractivity (Wildman–Crippen MR) is 105 cm³/mol. The topological polar surface area (TPSA) is 0 Å². The second-order valence-corrected chi connectivity index (χ2v) is 11.9. The first-order valence-electron chi connectivity index (χ1n) is 7.22. The van der Waals surface area contributed by atoms with Gasteiger partial charge in [0.15, 0.2) is 0 Å². The van der Waals surface area contributed by atoms with Crippen LogP contribution in [-0.2, 0) is 12.8 Å². The highest BCUT2D eigenvalue weighted by molar-refractivity contribution is 9.25. The molecule has 4 heteroatoms. The lowest BCUT2D eigenvalue weighted by atomic mass is 9.97. The summed E-state index contributed by atoms with van der Waals surface area (Å²) in [7, 11) is 0. The van der Waals surface area contributed by atoms with Crippen LogP contribution in [0, 0.1) is 0 Å².